The molecule has 0 aromatic heterocycles. The van der Waals surface area contributed by atoms with Gasteiger partial charge in [-0.1, -0.05) is 39.7 Å². The number of hydrogen-bond acceptors (Lipinski definition) is 2. The van der Waals surface area contributed by atoms with Crippen LogP contribution >= 0.6 is 15.9 Å². The number of hydrogen-bond donors (Lipinski definition) is 1. The Balaban J connectivity index is 1.97. The molecule has 3 rings (SSSR count). The monoisotopic (exact) mass is 335 g/mol. The normalized spacial score (nSPS) is 21.2. The molecule has 2 aromatic carbocycles. The third-order valence-corrected chi connectivity index (χ3v) is 4.10. The van der Waals surface area contributed by atoms with Crippen LogP contribution in [0, 0.1) is 12.7 Å². The van der Waals surface area contributed by atoms with Crippen molar-refractivity contribution in [1.82, 2.24) is 0 Å². The van der Waals surface area contributed by atoms with Crippen molar-refractivity contribution in [3.8, 4) is 5.75 Å². The molecule has 2 nitrogen and oxygen atoms in total. The predicted molar refractivity (Wildman–Crippen MR) is 80.2 cm³/mol. The SMILES string of the molecule is Cc1ccc2c(c1)[C@H](N)CC(c1ccc(Br)cc1F)O2. The number of fused-ring (bicyclic) bond motifs is 1. The van der Waals surface area contributed by atoms with Crippen molar-refractivity contribution in [2.75, 3.05) is 0 Å². The molecule has 0 bridgehead atoms. The molecule has 0 amide bonds. The smallest absolute Gasteiger partial charge is 0.131 e. The lowest BCUT2D eigenvalue weighted by Crippen LogP contribution is -2.24. The maximum Gasteiger partial charge on any atom is 0.131 e. The third kappa shape index (κ3) is 2.45. The van der Waals surface area contributed by atoms with Gasteiger partial charge in [-0.15, -0.1) is 0 Å². The Morgan fingerprint density at radius 1 is 1.20 bits per heavy atom. The highest BCUT2D eigenvalue weighted by molar-refractivity contribution is 9.10. The quantitative estimate of drug-likeness (QED) is 0.837. The molecule has 0 saturated heterocycles. The van der Waals surface area contributed by atoms with Gasteiger partial charge in [0.15, 0.2) is 0 Å². The summed E-state index contributed by atoms with van der Waals surface area (Å²) in [6, 6.07) is 10.8. The zero-order valence-corrected chi connectivity index (χ0v) is 12.7. The molecule has 20 heavy (non-hydrogen) atoms. The van der Waals surface area contributed by atoms with E-state index in [1.54, 1.807) is 6.07 Å². The molecular weight excluding hydrogens is 321 g/mol. The molecule has 2 N–H and O–H groups in total. The van der Waals surface area contributed by atoms with E-state index >= 15 is 0 Å². The Bertz CT molecular complexity index is 659. The minimum Gasteiger partial charge on any atom is -0.485 e. The lowest BCUT2D eigenvalue weighted by atomic mass is 9.92. The van der Waals surface area contributed by atoms with Gasteiger partial charge in [-0.2, -0.15) is 0 Å². The lowest BCUT2D eigenvalue weighted by molar-refractivity contribution is 0.157. The van der Waals surface area contributed by atoms with Crippen molar-refractivity contribution in [3.05, 3.63) is 63.4 Å². The number of rotatable bonds is 1. The van der Waals surface area contributed by atoms with Crippen LogP contribution < -0.4 is 10.5 Å². The fourth-order valence-electron chi connectivity index (χ4n) is 2.58. The van der Waals surface area contributed by atoms with Gasteiger partial charge in [-0.25, -0.2) is 4.39 Å². The van der Waals surface area contributed by atoms with Crippen LogP contribution in [0.3, 0.4) is 0 Å². The van der Waals surface area contributed by atoms with Crippen molar-refractivity contribution in [2.24, 2.45) is 5.73 Å². The number of ether oxygens (including phenoxy) is 1. The van der Waals surface area contributed by atoms with Crippen molar-refractivity contribution in [3.63, 3.8) is 0 Å². The average molecular weight is 336 g/mol. The molecule has 104 valence electrons. The second kappa shape index (κ2) is 5.19. The second-order valence-corrected chi connectivity index (χ2v) is 6.07. The average Bonchev–Trinajstić information content (AvgIpc) is 2.39. The van der Waals surface area contributed by atoms with Crippen LogP contribution in [0.2, 0.25) is 0 Å². The molecule has 0 aliphatic carbocycles. The largest absolute Gasteiger partial charge is 0.485 e. The summed E-state index contributed by atoms with van der Waals surface area (Å²) in [6.45, 7) is 2.02. The first-order chi connectivity index (χ1) is 9.54. The second-order valence-electron chi connectivity index (χ2n) is 5.16. The molecule has 0 radical (unpaired) electrons. The summed E-state index contributed by atoms with van der Waals surface area (Å²) in [4.78, 5) is 0. The zero-order chi connectivity index (χ0) is 14.3. The molecule has 0 spiro atoms. The summed E-state index contributed by atoms with van der Waals surface area (Å²) in [5, 5.41) is 0. The van der Waals surface area contributed by atoms with E-state index in [1.807, 2.05) is 31.2 Å². The van der Waals surface area contributed by atoms with Crippen molar-refractivity contribution >= 4 is 15.9 Å². The molecule has 1 aliphatic rings. The van der Waals surface area contributed by atoms with Crippen LogP contribution in [0.4, 0.5) is 4.39 Å². The molecule has 1 heterocycles. The first-order valence-electron chi connectivity index (χ1n) is 6.52. The Morgan fingerprint density at radius 3 is 2.75 bits per heavy atom. The zero-order valence-electron chi connectivity index (χ0n) is 11.1. The third-order valence-electron chi connectivity index (χ3n) is 3.61. The summed E-state index contributed by atoms with van der Waals surface area (Å²) in [5.74, 6) is 0.480. The van der Waals surface area contributed by atoms with Gasteiger partial charge in [0.25, 0.3) is 0 Å². The van der Waals surface area contributed by atoms with Crippen LogP contribution in [0.1, 0.15) is 35.3 Å². The molecule has 0 saturated carbocycles. The van der Waals surface area contributed by atoms with E-state index in [1.165, 1.54) is 6.07 Å². The standard InChI is InChI=1S/C16H15BrFNO/c1-9-2-5-15-12(6-9)14(19)8-16(20-15)11-4-3-10(17)7-13(11)18/h2-7,14,16H,8,19H2,1H3/t14-,16?/m1/s1. The first kappa shape index (κ1) is 13.6. The molecular formula is C16H15BrFNO. The van der Waals surface area contributed by atoms with Crippen molar-refractivity contribution < 1.29 is 9.13 Å². The summed E-state index contributed by atoms with van der Waals surface area (Å²) < 4.78 is 20.7. The van der Waals surface area contributed by atoms with Crippen LogP contribution in [0.15, 0.2) is 40.9 Å². The van der Waals surface area contributed by atoms with E-state index < -0.39 is 0 Å². The topological polar surface area (TPSA) is 35.2 Å². The van der Waals surface area contributed by atoms with Gasteiger partial charge in [-0.3, -0.25) is 0 Å². The lowest BCUT2D eigenvalue weighted by Gasteiger charge is -2.31. The van der Waals surface area contributed by atoms with Crippen LogP contribution in [0.5, 0.6) is 5.75 Å². The molecule has 2 atom stereocenters. The van der Waals surface area contributed by atoms with Gasteiger partial charge in [0.1, 0.15) is 17.7 Å². The highest BCUT2D eigenvalue weighted by Crippen LogP contribution is 2.40. The van der Waals surface area contributed by atoms with Gasteiger partial charge < -0.3 is 10.5 Å². The fourth-order valence-corrected chi connectivity index (χ4v) is 2.91. The highest BCUT2D eigenvalue weighted by atomic mass is 79.9. The van der Waals surface area contributed by atoms with Gasteiger partial charge in [0, 0.05) is 28.1 Å². The Hall–Kier alpha value is -1.39. The molecule has 1 unspecified atom stereocenters. The highest BCUT2D eigenvalue weighted by Gasteiger charge is 2.28. The van der Waals surface area contributed by atoms with Crippen molar-refractivity contribution in [1.29, 1.82) is 0 Å². The van der Waals surface area contributed by atoms with E-state index in [0.717, 1.165) is 21.3 Å². The molecule has 2 aromatic rings. The number of aryl methyl sites for hydroxylation is 1. The van der Waals surface area contributed by atoms with E-state index in [2.05, 4.69) is 15.9 Å². The van der Waals surface area contributed by atoms with Gasteiger partial charge in [0.2, 0.25) is 0 Å². The van der Waals surface area contributed by atoms with Gasteiger partial charge in [0.05, 0.1) is 0 Å². The predicted octanol–water partition coefficient (Wildman–Crippen LogP) is 4.42. The maximum absolute atomic E-state index is 14.1. The Labute approximate surface area is 125 Å². The van der Waals surface area contributed by atoms with Crippen LogP contribution in [0.25, 0.3) is 0 Å². The molecule has 4 heteroatoms. The Kier molecular flexibility index (Phi) is 3.52. The Morgan fingerprint density at radius 2 is 2.00 bits per heavy atom. The molecule has 1 aliphatic heterocycles. The van der Waals surface area contributed by atoms with E-state index in [0.29, 0.717) is 12.0 Å². The fraction of sp³-hybridized carbons (Fsp3) is 0.250. The number of benzene rings is 2. The van der Waals surface area contributed by atoms with Gasteiger partial charge in [-0.05, 0) is 25.1 Å². The minimum absolute atomic E-state index is 0.133. The first-order valence-corrected chi connectivity index (χ1v) is 7.31. The molecule has 0 fully saturated rings. The summed E-state index contributed by atoms with van der Waals surface area (Å²) in [6.07, 6.45) is 0.239. The summed E-state index contributed by atoms with van der Waals surface area (Å²) >= 11 is 3.26. The van der Waals surface area contributed by atoms with Crippen LogP contribution in [-0.2, 0) is 0 Å². The minimum atomic E-state index is -0.340. The number of nitrogens with two attached hydrogens (primary N) is 1. The van der Waals surface area contributed by atoms with Crippen molar-refractivity contribution in [2.45, 2.75) is 25.5 Å². The summed E-state index contributed by atoms with van der Waals surface area (Å²) in [5.41, 5.74) is 8.91. The van der Waals surface area contributed by atoms with Crippen LogP contribution in [-0.4, -0.2) is 0 Å². The number of halogens is 2. The van der Waals surface area contributed by atoms with E-state index in [-0.39, 0.29) is 18.0 Å². The van der Waals surface area contributed by atoms with E-state index in [9.17, 15) is 4.39 Å². The van der Waals surface area contributed by atoms with Gasteiger partial charge >= 0.3 is 0 Å². The maximum atomic E-state index is 14.1. The van der Waals surface area contributed by atoms with E-state index in [4.69, 9.17) is 10.5 Å². The summed E-state index contributed by atoms with van der Waals surface area (Å²) in [7, 11) is 0.